The van der Waals surface area contributed by atoms with Gasteiger partial charge in [0.15, 0.2) is 0 Å². The van der Waals surface area contributed by atoms with Crippen molar-refractivity contribution < 1.29 is 34.1 Å². The standard InChI is InChI=1S/C19H24ClN3O4.2CH2O2/c20-15-9-13(11-21-16(15)24)17(25)23-7-3-19(4-8-23)10-14(27-18(19)26)12-22-5-1-2-6-22;2*2-1-3/h9,11,14H,1-8,10,12H2,(H,21,24);2*1H,(H,2,3). The molecule has 1 aromatic rings. The number of piperidine rings is 1. The van der Waals surface area contributed by atoms with E-state index in [4.69, 9.17) is 36.1 Å². The lowest BCUT2D eigenvalue weighted by molar-refractivity contribution is -0.151. The van der Waals surface area contributed by atoms with Crippen LogP contribution in [0.25, 0.3) is 0 Å². The number of hydrogen-bond acceptors (Lipinski definition) is 7. The third kappa shape index (κ3) is 6.78. The number of ether oxygens (including phenoxy) is 1. The zero-order valence-corrected chi connectivity index (χ0v) is 18.8. The summed E-state index contributed by atoms with van der Waals surface area (Å²) < 4.78 is 5.68. The van der Waals surface area contributed by atoms with Crippen LogP contribution in [-0.4, -0.2) is 88.6 Å². The minimum absolute atomic E-state index is 0.00143. The normalized spacial score (nSPS) is 21.3. The monoisotopic (exact) mass is 485 g/mol. The van der Waals surface area contributed by atoms with Crippen LogP contribution in [0.3, 0.4) is 0 Å². The van der Waals surface area contributed by atoms with E-state index in [9.17, 15) is 14.4 Å². The van der Waals surface area contributed by atoms with Crippen LogP contribution in [0.2, 0.25) is 5.02 Å². The van der Waals surface area contributed by atoms with E-state index in [1.54, 1.807) is 4.90 Å². The van der Waals surface area contributed by atoms with Crippen LogP contribution in [-0.2, 0) is 19.1 Å². The Morgan fingerprint density at radius 3 is 2.27 bits per heavy atom. The molecule has 4 heterocycles. The number of aromatic nitrogens is 1. The molecule has 3 aliphatic heterocycles. The zero-order valence-electron chi connectivity index (χ0n) is 18.1. The maximum absolute atomic E-state index is 12.7. The molecule has 3 saturated heterocycles. The molecule has 3 N–H and O–H groups in total. The lowest BCUT2D eigenvalue weighted by Gasteiger charge is -2.36. The van der Waals surface area contributed by atoms with E-state index < -0.39 is 11.0 Å². The molecule has 1 aromatic heterocycles. The first kappa shape index (κ1) is 26.3. The molecule has 1 atom stereocenters. The molecule has 12 heteroatoms. The molecule has 1 spiro atoms. The van der Waals surface area contributed by atoms with Crippen LogP contribution in [0.4, 0.5) is 0 Å². The maximum atomic E-state index is 12.7. The lowest BCUT2D eigenvalue weighted by Crippen LogP contribution is -2.45. The third-order valence-corrected chi connectivity index (χ3v) is 6.38. The number of aromatic amines is 1. The predicted molar refractivity (Wildman–Crippen MR) is 117 cm³/mol. The minimum Gasteiger partial charge on any atom is -0.483 e. The van der Waals surface area contributed by atoms with Crippen molar-refractivity contribution in [3.63, 3.8) is 0 Å². The van der Waals surface area contributed by atoms with Crippen LogP contribution in [0.1, 0.15) is 42.5 Å². The second-order valence-electron chi connectivity index (χ2n) is 8.09. The molecule has 0 bridgehead atoms. The average molecular weight is 486 g/mol. The highest BCUT2D eigenvalue weighted by Crippen LogP contribution is 2.43. The summed E-state index contributed by atoms with van der Waals surface area (Å²) in [5, 5.41) is 13.8. The van der Waals surface area contributed by atoms with Gasteiger partial charge < -0.3 is 24.8 Å². The second kappa shape index (κ2) is 12.4. The van der Waals surface area contributed by atoms with Gasteiger partial charge >= 0.3 is 5.97 Å². The summed E-state index contributed by atoms with van der Waals surface area (Å²) in [6, 6.07) is 1.39. The molecule has 0 radical (unpaired) electrons. The number of hydrogen-bond donors (Lipinski definition) is 3. The summed E-state index contributed by atoms with van der Waals surface area (Å²) >= 11 is 5.82. The Morgan fingerprint density at radius 1 is 1.15 bits per heavy atom. The number of carboxylic acid groups (broad SMARTS) is 2. The predicted octanol–water partition coefficient (Wildman–Crippen LogP) is 1.06. The minimum atomic E-state index is -0.455. The lowest BCUT2D eigenvalue weighted by atomic mass is 9.76. The van der Waals surface area contributed by atoms with Crippen molar-refractivity contribution >= 4 is 36.4 Å². The van der Waals surface area contributed by atoms with Gasteiger partial charge in [0.2, 0.25) is 0 Å². The van der Waals surface area contributed by atoms with Crippen molar-refractivity contribution in [1.82, 2.24) is 14.8 Å². The van der Waals surface area contributed by atoms with Gasteiger partial charge in [0.1, 0.15) is 11.1 Å². The number of likely N-dealkylation sites (tertiary alicyclic amines) is 2. The number of H-pyrrole nitrogens is 1. The number of carbonyl (C=O) groups excluding carboxylic acids is 2. The maximum Gasteiger partial charge on any atom is 0.312 e. The van der Waals surface area contributed by atoms with Crippen LogP contribution in [0.15, 0.2) is 17.1 Å². The molecule has 1 unspecified atom stereocenters. The first-order valence-corrected chi connectivity index (χ1v) is 10.9. The highest BCUT2D eigenvalue weighted by Gasteiger charge is 2.51. The van der Waals surface area contributed by atoms with Gasteiger partial charge in [0.05, 0.1) is 11.0 Å². The van der Waals surface area contributed by atoms with E-state index in [2.05, 4.69) is 9.88 Å². The smallest absolute Gasteiger partial charge is 0.312 e. The summed E-state index contributed by atoms with van der Waals surface area (Å²) in [7, 11) is 0. The molecule has 3 fully saturated rings. The van der Waals surface area contributed by atoms with Crippen LogP contribution in [0.5, 0.6) is 0 Å². The molecule has 182 valence electrons. The zero-order chi connectivity index (χ0) is 24.4. The first-order chi connectivity index (χ1) is 15.8. The van der Waals surface area contributed by atoms with E-state index in [0.717, 1.165) is 26.1 Å². The quantitative estimate of drug-likeness (QED) is 0.420. The van der Waals surface area contributed by atoms with Gasteiger partial charge in [0, 0.05) is 32.3 Å². The van der Waals surface area contributed by atoms with Gasteiger partial charge in [-0.05, 0) is 44.8 Å². The van der Waals surface area contributed by atoms with Crippen molar-refractivity contribution in [2.24, 2.45) is 5.41 Å². The number of amides is 1. The number of nitrogens with zero attached hydrogens (tertiary/aromatic N) is 2. The number of pyridine rings is 1. The Hall–Kier alpha value is -2.92. The molecule has 0 aromatic carbocycles. The number of esters is 1. The van der Waals surface area contributed by atoms with E-state index in [1.165, 1.54) is 25.1 Å². The van der Waals surface area contributed by atoms with Gasteiger partial charge in [-0.1, -0.05) is 11.6 Å². The largest absolute Gasteiger partial charge is 0.483 e. The van der Waals surface area contributed by atoms with Gasteiger partial charge in [-0.15, -0.1) is 0 Å². The fourth-order valence-corrected chi connectivity index (χ4v) is 4.67. The van der Waals surface area contributed by atoms with Crippen molar-refractivity contribution in [3.8, 4) is 0 Å². The number of carbonyl (C=O) groups is 4. The molecule has 3 aliphatic rings. The summed E-state index contributed by atoms with van der Waals surface area (Å²) in [5.74, 6) is -0.283. The van der Waals surface area contributed by atoms with Crippen molar-refractivity contribution in [2.75, 3.05) is 32.7 Å². The third-order valence-electron chi connectivity index (χ3n) is 6.10. The summed E-state index contributed by atoms with van der Waals surface area (Å²) in [6.45, 7) is 3.50. The highest BCUT2D eigenvalue weighted by atomic mass is 35.5. The van der Waals surface area contributed by atoms with Crippen molar-refractivity contribution in [3.05, 3.63) is 33.2 Å². The van der Waals surface area contributed by atoms with Gasteiger partial charge in [0.25, 0.3) is 24.4 Å². The Labute approximate surface area is 195 Å². The van der Waals surface area contributed by atoms with Crippen LogP contribution >= 0.6 is 11.6 Å². The fourth-order valence-electron chi connectivity index (χ4n) is 4.50. The molecule has 0 aliphatic carbocycles. The van der Waals surface area contributed by atoms with Crippen LogP contribution in [0, 0.1) is 5.41 Å². The molecular weight excluding hydrogens is 458 g/mol. The SMILES string of the molecule is O=C(c1c[nH]c(=O)c(Cl)c1)N1CCC2(CC1)CC(CN1CCCC1)OC2=O.O=CO.O=CO. The number of cyclic esters (lactones) is 1. The van der Waals surface area contributed by atoms with Crippen molar-refractivity contribution in [2.45, 2.75) is 38.2 Å². The number of halogens is 1. The van der Waals surface area contributed by atoms with Gasteiger partial charge in [-0.25, -0.2) is 0 Å². The average Bonchev–Trinajstić information content (AvgIpc) is 3.39. The number of nitrogens with one attached hydrogen (secondary N) is 1. The van der Waals surface area contributed by atoms with Gasteiger partial charge in [-0.2, -0.15) is 0 Å². The highest BCUT2D eigenvalue weighted by molar-refractivity contribution is 6.30. The Balaban J connectivity index is 0.000000582. The van der Waals surface area contributed by atoms with E-state index in [1.807, 2.05) is 0 Å². The molecule has 11 nitrogen and oxygen atoms in total. The number of rotatable bonds is 3. The molecule has 4 rings (SSSR count). The van der Waals surface area contributed by atoms with Crippen molar-refractivity contribution in [1.29, 1.82) is 0 Å². The fraction of sp³-hybridized carbons (Fsp3) is 0.571. The van der Waals surface area contributed by atoms with Gasteiger partial charge in [-0.3, -0.25) is 28.9 Å². The first-order valence-electron chi connectivity index (χ1n) is 10.6. The molecule has 0 saturated carbocycles. The summed E-state index contributed by atoms with van der Waals surface area (Å²) in [4.78, 5) is 59.9. The molecule has 33 heavy (non-hydrogen) atoms. The van der Waals surface area contributed by atoms with E-state index in [-0.39, 0.29) is 35.9 Å². The Kier molecular flexibility index (Phi) is 9.86. The Morgan fingerprint density at radius 2 is 1.73 bits per heavy atom. The van der Waals surface area contributed by atoms with Crippen LogP contribution < -0.4 is 5.56 Å². The summed E-state index contributed by atoms with van der Waals surface area (Å²) in [5.41, 5.74) is -0.510. The summed E-state index contributed by atoms with van der Waals surface area (Å²) in [6.07, 6.45) is 5.77. The topological polar surface area (TPSA) is 157 Å². The van der Waals surface area contributed by atoms with E-state index in [0.29, 0.717) is 31.5 Å². The Bertz CT molecular complexity index is 886. The van der Waals surface area contributed by atoms with E-state index >= 15 is 0 Å². The second-order valence-corrected chi connectivity index (χ2v) is 8.50. The molecule has 1 amide bonds. The molecular formula is C21H28ClN3O8.